The van der Waals surface area contributed by atoms with E-state index in [9.17, 15) is 18.4 Å². The number of likely N-dealkylation sites (N-methyl/N-ethyl adjacent to an activating group) is 1. The largest absolute Gasteiger partial charge is 0.365 e. The summed E-state index contributed by atoms with van der Waals surface area (Å²) in [7, 11) is 3.04. The van der Waals surface area contributed by atoms with Gasteiger partial charge in [0.15, 0.2) is 16.8 Å². The van der Waals surface area contributed by atoms with E-state index in [2.05, 4.69) is 20.9 Å². The Balaban J connectivity index is 2.26. The number of hydrogen-bond acceptors (Lipinski definition) is 5. The van der Waals surface area contributed by atoms with E-state index in [1.54, 1.807) is 7.05 Å². The van der Waals surface area contributed by atoms with Gasteiger partial charge < -0.3 is 16.0 Å². The zero-order valence-corrected chi connectivity index (χ0v) is 13.1. The lowest BCUT2D eigenvalue weighted by Crippen LogP contribution is -2.38. The van der Waals surface area contributed by atoms with Gasteiger partial charge in [0, 0.05) is 14.1 Å². The molecule has 0 spiro atoms. The SMILES string of the molecule is CNC(=O)C(NC(=O)c1cnc(NC)s1)c1ccc(F)c(F)c1. The highest BCUT2D eigenvalue weighted by Crippen LogP contribution is 2.20. The molecule has 0 fully saturated rings. The Morgan fingerprint density at radius 2 is 1.96 bits per heavy atom. The second-order valence-electron chi connectivity index (χ2n) is 4.47. The van der Waals surface area contributed by atoms with Crippen molar-refractivity contribution in [3.05, 3.63) is 46.5 Å². The highest BCUT2D eigenvalue weighted by Gasteiger charge is 2.24. The van der Waals surface area contributed by atoms with E-state index < -0.39 is 29.5 Å². The van der Waals surface area contributed by atoms with Gasteiger partial charge in [-0.3, -0.25) is 9.59 Å². The van der Waals surface area contributed by atoms with Crippen molar-refractivity contribution in [2.45, 2.75) is 6.04 Å². The molecule has 0 aliphatic rings. The third kappa shape index (κ3) is 3.81. The van der Waals surface area contributed by atoms with Crippen LogP contribution in [0, 0.1) is 11.6 Å². The maximum Gasteiger partial charge on any atom is 0.263 e. The van der Waals surface area contributed by atoms with Gasteiger partial charge in [-0.1, -0.05) is 17.4 Å². The van der Waals surface area contributed by atoms with Crippen LogP contribution in [0.5, 0.6) is 0 Å². The number of aromatic nitrogens is 1. The summed E-state index contributed by atoms with van der Waals surface area (Å²) in [5.41, 5.74) is 0.134. The highest BCUT2D eigenvalue weighted by atomic mass is 32.1. The molecule has 1 aromatic heterocycles. The molecule has 3 N–H and O–H groups in total. The fourth-order valence-electron chi connectivity index (χ4n) is 1.83. The molecule has 2 rings (SSSR count). The van der Waals surface area contributed by atoms with Crippen LogP contribution in [-0.2, 0) is 4.79 Å². The minimum Gasteiger partial charge on any atom is -0.365 e. The van der Waals surface area contributed by atoms with Gasteiger partial charge in [-0.15, -0.1) is 0 Å². The standard InChI is InChI=1S/C14H14F2N4O2S/c1-17-13(22)11(7-3-4-8(15)9(16)5-7)20-12(21)10-6-19-14(18-2)23-10/h3-6,11H,1-2H3,(H,17,22)(H,18,19)(H,20,21). The molecule has 0 saturated heterocycles. The number of rotatable bonds is 5. The number of nitrogens with one attached hydrogen (secondary N) is 3. The van der Waals surface area contributed by atoms with Crippen molar-refractivity contribution in [2.24, 2.45) is 0 Å². The molecule has 2 aromatic rings. The zero-order valence-electron chi connectivity index (χ0n) is 12.3. The number of amides is 2. The number of nitrogens with zero attached hydrogens (tertiary/aromatic N) is 1. The van der Waals surface area contributed by atoms with Gasteiger partial charge in [-0.25, -0.2) is 13.8 Å². The maximum atomic E-state index is 13.4. The molecule has 9 heteroatoms. The Morgan fingerprint density at radius 1 is 1.22 bits per heavy atom. The summed E-state index contributed by atoms with van der Waals surface area (Å²) < 4.78 is 26.4. The van der Waals surface area contributed by atoms with Crippen molar-refractivity contribution in [1.82, 2.24) is 15.6 Å². The van der Waals surface area contributed by atoms with Crippen molar-refractivity contribution in [3.8, 4) is 0 Å². The van der Waals surface area contributed by atoms with E-state index in [1.165, 1.54) is 19.3 Å². The Bertz CT molecular complexity index is 735. The lowest BCUT2D eigenvalue weighted by atomic mass is 10.1. The molecule has 1 heterocycles. The van der Waals surface area contributed by atoms with Crippen LogP contribution in [0.4, 0.5) is 13.9 Å². The number of anilines is 1. The first-order valence-electron chi connectivity index (χ1n) is 6.57. The van der Waals surface area contributed by atoms with E-state index in [-0.39, 0.29) is 10.4 Å². The number of hydrogen-bond donors (Lipinski definition) is 3. The smallest absolute Gasteiger partial charge is 0.263 e. The monoisotopic (exact) mass is 340 g/mol. The van der Waals surface area contributed by atoms with Crippen LogP contribution < -0.4 is 16.0 Å². The van der Waals surface area contributed by atoms with Gasteiger partial charge in [-0.2, -0.15) is 0 Å². The maximum absolute atomic E-state index is 13.4. The normalized spacial score (nSPS) is 11.7. The van der Waals surface area contributed by atoms with E-state index in [1.807, 2.05) is 0 Å². The molecule has 0 aliphatic heterocycles. The van der Waals surface area contributed by atoms with E-state index in [0.29, 0.717) is 5.13 Å². The molecule has 0 aliphatic carbocycles. The third-order valence-corrected chi connectivity index (χ3v) is 4.02. The van der Waals surface area contributed by atoms with E-state index >= 15 is 0 Å². The minimum absolute atomic E-state index is 0.134. The average molecular weight is 340 g/mol. The summed E-state index contributed by atoms with van der Waals surface area (Å²) in [4.78, 5) is 28.4. The van der Waals surface area contributed by atoms with Gasteiger partial charge >= 0.3 is 0 Å². The molecule has 23 heavy (non-hydrogen) atoms. The topological polar surface area (TPSA) is 83.1 Å². The van der Waals surface area contributed by atoms with Gasteiger partial charge in [-0.05, 0) is 17.7 Å². The lowest BCUT2D eigenvalue weighted by molar-refractivity contribution is -0.122. The molecule has 2 amide bonds. The zero-order chi connectivity index (χ0) is 17.0. The molecule has 0 saturated carbocycles. The van der Waals surface area contributed by atoms with Crippen molar-refractivity contribution in [3.63, 3.8) is 0 Å². The molecular weight excluding hydrogens is 326 g/mol. The summed E-state index contributed by atoms with van der Waals surface area (Å²) in [6.07, 6.45) is 1.36. The summed E-state index contributed by atoms with van der Waals surface area (Å²) >= 11 is 1.10. The predicted octanol–water partition coefficient (Wildman–Crippen LogP) is 1.68. The number of halogens is 2. The van der Waals surface area contributed by atoms with Crippen LogP contribution in [-0.4, -0.2) is 30.9 Å². The van der Waals surface area contributed by atoms with Crippen LogP contribution in [0.2, 0.25) is 0 Å². The molecule has 1 aromatic carbocycles. The second kappa shape index (κ2) is 7.14. The fraction of sp³-hybridized carbons (Fsp3) is 0.214. The van der Waals surface area contributed by atoms with Gasteiger partial charge in [0.25, 0.3) is 5.91 Å². The van der Waals surface area contributed by atoms with Crippen LogP contribution in [0.15, 0.2) is 24.4 Å². The van der Waals surface area contributed by atoms with Gasteiger partial charge in [0.05, 0.1) is 6.20 Å². The summed E-state index contributed by atoms with van der Waals surface area (Å²) in [5.74, 6) is -3.22. The first-order valence-corrected chi connectivity index (χ1v) is 7.39. The summed E-state index contributed by atoms with van der Waals surface area (Å²) in [5, 5.41) is 8.20. The average Bonchev–Trinajstić information content (AvgIpc) is 3.03. The quantitative estimate of drug-likeness (QED) is 0.773. The van der Waals surface area contributed by atoms with Gasteiger partial charge in [0.2, 0.25) is 5.91 Å². The van der Waals surface area contributed by atoms with Crippen molar-refractivity contribution >= 4 is 28.3 Å². The summed E-state index contributed by atoms with van der Waals surface area (Å²) in [6.45, 7) is 0. The Labute approximate surface area is 134 Å². The molecule has 122 valence electrons. The highest BCUT2D eigenvalue weighted by molar-refractivity contribution is 7.17. The molecular formula is C14H14F2N4O2S. The first kappa shape index (κ1) is 16.8. The fourth-order valence-corrected chi connectivity index (χ4v) is 2.51. The number of carbonyl (C=O) groups excluding carboxylic acids is 2. The Hall–Kier alpha value is -2.55. The molecule has 0 bridgehead atoms. The molecule has 1 unspecified atom stereocenters. The first-order chi connectivity index (χ1) is 11.0. The minimum atomic E-state index is -1.15. The molecule has 1 atom stereocenters. The lowest BCUT2D eigenvalue weighted by Gasteiger charge is -2.17. The van der Waals surface area contributed by atoms with Crippen LogP contribution in [0.3, 0.4) is 0 Å². The van der Waals surface area contributed by atoms with Crippen LogP contribution in [0.25, 0.3) is 0 Å². The van der Waals surface area contributed by atoms with Crippen LogP contribution >= 0.6 is 11.3 Å². The predicted molar refractivity (Wildman–Crippen MR) is 82.3 cm³/mol. The van der Waals surface area contributed by atoms with Crippen molar-refractivity contribution in [1.29, 1.82) is 0 Å². The number of benzene rings is 1. The van der Waals surface area contributed by atoms with Crippen molar-refractivity contribution in [2.75, 3.05) is 19.4 Å². The second-order valence-corrected chi connectivity index (χ2v) is 5.50. The van der Waals surface area contributed by atoms with Crippen molar-refractivity contribution < 1.29 is 18.4 Å². The van der Waals surface area contributed by atoms with E-state index in [4.69, 9.17) is 0 Å². The van der Waals surface area contributed by atoms with Crippen LogP contribution in [0.1, 0.15) is 21.3 Å². The van der Waals surface area contributed by atoms with Gasteiger partial charge in [0.1, 0.15) is 10.9 Å². The van der Waals surface area contributed by atoms with E-state index in [0.717, 1.165) is 23.5 Å². The number of carbonyl (C=O) groups is 2. The number of thiazole rings is 1. The summed E-state index contributed by atoms with van der Waals surface area (Å²) in [6, 6.07) is 1.87. The third-order valence-electron chi connectivity index (χ3n) is 3.00. The Kier molecular flexibility index (Phi) is 5.22. The Morgan fingerprint density at radius 3 is 2.52 bits per heavy atom. The molecule has 6 nitrogen and oxygen atoms in total. The molecule has 0 radical (unpaired) electrons.